The molecule has 96 valence electrons. The summed E-state index contributed by atoms with van der Waals surface area (Å²) in [7, 11) is 0. The quantitative estimate of drug-likeness (QED) is 0.711. The number of anilines is 1. The molecule has 1 aromatic heterocycles. The molecule has 0 atom stereocenters. The summed E-state index contributed by atoms with van der Waals surface area (Å²) in [6, 6.07) is 2.26. The smallest absolute Gasteiger partial charge is 0.269 e. The van der Waals surface area contributed by atoms with E-state index in [9.17, 15) is 4.79 Å². The van der Waals surface area contributed by atoms with Gasteiger partial charge in [0, 0.05) is 18.2 Å². The number of hydrogen-bond acceptors (Lipinski definition) is 3. The fourth-order valence-electron chi connectivity index (χ4n) is 1.56. The van der Waals surface area contributed by atoms with Crippen LogP contribution in [0.25, 0.3) is 0 Å². The molecule has 0 bridgehead atoms. The molecule has 0 aliphatic heterocycles. The second-order valence-corrected chi connectivity index (χ2v) is 4.45. The average Bonchev–Trinajstić information content (AvgIpc) is 2.73. The van der Waals surface area contributed by atoms with E-state index in [1.54, 1.807) is 6.07 Å². The van der Waals surface area contributed by atoms with E-state index in [1.807, 2.05) is 13.8 Å². The Morgan fingerprint density at radius 2 is 2.06 bits per heavy atom. The van der Waals surface area contributed by atoms with E-state index in [-0.39, 0.29) is 11.9 Å². The Morgan fingerprint density at radius 1 is 1.41 bits per heavy atom. The van der Waals surface area contributed by atoms with Crippen LogP contribution in [0.2, 0.25) is 0 Å². The first kappa shape index (κ1) is 13.5. The lowest BCUT2D eigenvalue weighted by atomic mass is 10.1. The van der Waals surface area contributed by atoms with Crippen molar-refractivity contribution in [1.82, 2.24) is 15.5 Å². The summed E-state index contributed by atoms with van der Waals surface area (Å²) >= 11 is 0. The maximum Gasteiger partial charge on any atom is 0.269 e. The number of nitrogens with zero attached hydrogens (tertiary/aromatic N) is 1. The van der Waals surface area contributed by atoms with Gasteiger partial charge in [-0.1, -0.05) is 13.8 Å². The van der Waals surface area contributed by atoms with Crippen LogP contribution in [-0.2, 0) is 0 Å². The maximum atomic E-state index is 11.9. The van der Waals surface area contributed by atoms with Crippen molar-refractivity contribution in [2.24, 2.45) is 0 Å². The normalized spacial score (nSPS) is 10.9. The SMILES string of the molecule is CCC(CC)NC(=O)c1cc(NC(C)C)n[nH]1. The minimum Gasteiger partial charge on any atom is -0.366 e. The van der Waals surface area contributed by atoms with E-state index in [0.717, 1.165) is 12.8 Å². The predicted octanol–water partition coefficient (Wildman–Crippen LogP) is 2.15. The Bertz CT molecular complexity index is 355. The van der Waals surface area contributed by atoms with Gasteiger partial charge in [0.05, 0.1) is 0 Å². The van der Waals surface area contributed by atoms with E-state index in [4.69, 9.17) is 0 Å². The molecule has 5 nitrogen and oxygen atoms in total. The second kappa shape index (κ2) is 6.27. The van der Waals surface area contributed by atoms with E-state index in [2.05, 4.69) is 34.7 Å². The average molecular weight is 238 g/mol. The number of amides is 1. The summed E-state index contributed by atoms with van der Waals surface area (Å²) in [6.07, 6.45) is 1.88. The minimum atomic E-state index is -0.0944. The van der Waals surface area contributed by atoms with Gasteiger partial charge < -0.3 is 10.6 Å². The van der Waals surface area contributed by atoms with E-state index in [1.165, 1.54) is 0 Å². The Morgan fingerprint density at radius 3 is 2.59 bits per heavy atom. The molecule has 0 aliphatic rings. The number of H-pyrrole nitrogens is 1. The highest BCUT2D eigenvalue weighted by Crippen LogP contribution is 2.07. The number of nitrogens with one attached hydrogen (secondary N) is 3. The van der Waals surface area contributed by atoms with Crippen molar-refractivity contribution in [2.75, 3.05) is 5.32 Å². The van der Waals surface area contributed by atoms with Crippen LogP contribution in [0.1, 0.15) is 51.0 Å². The van der Waals surface area contributed by atoms with Gasteiger partial charge in [-0.15, -0.1) is 0 Å². The molecule has 17 heavy (non-hydrogen) atoms. The first-order chi connectivity index (χ1) is 8.06. The zero-order valence-electron chi connectivity index (χ0n) is 11.0. The lowest BCUT2D eigenvalue weighted by Gasteiger charge is -2.13. The third-order valence-corrected chi connectivity index (χ3v) is 2.58. The van der Waals surface area contributed by atoms with Crippen molar-refractivity contribution >= 4 is 11.7 Å². The highest BCUT2D eigenvalue weighted by molar-refractivity contribution is 5.93. The molecule has 0 saturated carbocycles. The summed E-state index contributed by atoms with van der Waals surface area (Å²) in [5.74, 6) is 0.609. The van der Waals surface area contributed by atoms with Crippen LogP contribution in [-0.4, -0.2) is 28.2 Å². The van der Waals surface area contributed by atoms with Gasteiger partial charge in [-0.05, 0) is 26.7 Å². The van der Waals surface area contributed by atoms with Crippen LogP contribution >= 0.6 is 0 Å². The van der Waals surface area contributed by atoms with E-state index in [0.29, 0.717) is 17.6 Å². The van der Waals surface area contributed by atoms with Gasteiger partial charge in [0.1, 0.15) is 11.5 Å². The zero-order chi connectivity index (χ0) is 12.8. The maximum absolute atomic E-state index is 11.9. The fraction of sp³-hybridized carbons (Fsp3) is 0.667. The molecular weight excluding hydrogens is 216 g/mol. The number of hydrogen-bond donors (Lipinski definition) is 3. The van der Waals surface area contributed by atoms with Crippen LogP contribution in [0.3, 0.4) is 0 Å². The molecule has 1 amide bonds. The molecule has 0 fully saturated rings. The van der Waals surface area contributed by atoms with Gasteiger partial charge in [0.15, 0.2) is 0 Å². The number of carbonyl (C=O) groups excluding carboxylic acids is 1. The standard InChI is InChI=1S/C12H22N4O/c1-5-9(6-2)14-12(17)10-7-11(16-15-10)13-8(3)4/h7-9H,5-6H2,1-4H3,(H,14,17)(H2,13,15,16). The predicted molar refractivity (Wildman–Crippen MR) is 69.2 cm³/mol. The van der Waals surface area contributed by atoms with Gasteiger partial charge in [-0.3, -0.25) is 9.89 Å². The van der Waals surface area contributed by atoms with E-state index < -0.39 is 0 Å². The molecular formula is C12H22N4O. The summed E-state index contributed by atoms with van der Waals surface area (Å²) in [5.41, 5.74) is 0.500. The monoisotopic (exact) mass is 238 g/mol. The van der Waals surface area contributed by atoms with Gasteiger partial charge in [0.25, 0.3) is 5.91 Å². The van der Waals surface area contributed by atoms with Crippen LogP contribution in [0, 0.1) is 0 Å². The Hall–Kier alpha value is -1.52. The van der Waals surface area contributed by atoms with Crippen molar-refractivity contribution in [2.45, 2.75) is 52.6 Å². The van der Waals surface area contributed by atoms with Crippen molar-refractivity contribution in [3.8, 4) is 0 Å². The minimum absolute atomic E-state index is 0.0944. The lowest BCUT2D eigenvalue weighted by Crippen LogP contribution is -2.34. The Kier molecular flexibility index (Phi) is 5.00. The first-order valence-electron chi connectivity index (χ1n) is 6.19. The van der Waals surface area contributed by atoms with Crippen LogP contribution < -0.4 is 10.6 Å². The highest BCUT2D eigenvalue weighted by atomic mass is 16.2. The van der Waals surface area contributed by atoms with Crippen molar-refractivity contribution in [3.05, 3.63) is 11.8 Å². The van der Waals surface area contributed by atoms with E-state index >= 15 is 0 Å². The second-order valence-electron chi connectivity index (χ2n) is 4.45. The van der Waals surface area contributed by atoms with Crippen molar-refractivity contribution in [3.63, 3.8) is 0 Å². The highest BCUT2D eigenvalue weighted by Gasteiger charge is 2.13. The van der Waals surface area contributed by atoms with Gasteiger partial charge in [-0.25, -0.2) is 0 Å². The molecule has 0 aliphatic carbocycles. The van der Waals surface area contributed by atoms with Crippen molar-refractivity contribution in [1.29, 1.82) is 0 Å². The van der Waals surface area contributed by atoms with Gasteiger partial charge >= 0.3 is 0 Å². The molecule has 0 unspecified atom stereocenters. The summed E-state index contributed by atoms with van der Waals surface area (Å²) in [4.78, 5) is 11.9. The molecule has 0 saturated heterocycles. The molecule has 3 N–H and O–H groups in total. The molecule has 0 radical (unpaired) electrons. The van der Waals surface area contributed by atoms with Crippen LogP contribution in [0.5, 0.6) is 0 Å². The molecule has 5 heteroatoms. The molecule has 1 heterocycles. The first-order valence-corrected chi connectivity index (χ1v) is 6.19. The third-order valence-electron chi connectivity index (χ3n) is 2.58. The number of carbonyl (C=O) groups is 1. The Labute approximate surface area is 102 Å². The van der Waals surface area contributed by atoms with Gasteiger partial charge in [-0.2, -0.15) is 5.10 Å². The van der Waals surface area contributed by atoms with Crippen LogP contribution in [0.15, 0.2) is 6.07 Å². The molecule has 1 aromatic rings. The molecule has 0 spiro atoms. The molecule has 0 aromatic carbocycles. The van der Waals surface area contributed by atoms with Crippen LogP contribution in [0.4, 0.5) is 5.82 Å². The summed E-state index contributed by atoms with van der Waals surface area (Å²) in [6.45, 7) is 8.18. The zero-order valence-corrected chi connectivity index (χ0v) is 11.0. The Balaban J connectivity index is 2.60. The number of rotatable bonds is 6. The largest absolute Gasteiger partial charge is 0.366 e. The summed E-state index contributed by atoms with van der Waals surface area (Å²) < 4.78 is 0. The molecule has 1 rings (SSSR count). The van der Waals surface area contributed by atoms with Gasteiger partial charge in [0.2, 0.25) is 0 Å². The third kappa shape index (κ3) is 4.09. The number of aromatic nitrogens is 2. The van der Waals surface area contributed by atoms with Crippen molar-refractivity contribution < 1.29 is 4.79 Å². The lowest BCUT2D eigenvalue weighted by molar-refractivity contribution is 0.0930. The fourth-order valence-corrected chi connectivity index (χ4v) is 1.56. The summed E-state index contributed by atoms with van der Waals surface area (Å²) in [5, 5.41) is 12.9. The number of aromatic amines is 1. The topological polar surface area (TPSA) is 69.8 Å².